The Morgan fingerprint density at radius 1 is 1.21 bits per heavy atom. The number of carbonyl (C=O) groups is 2. The van der Waals surface area contributed by atoms with Crippen LogP contribution in [0, 0.1) is 16.7 Å². The molecule has 2 N–H and O–H groups in total. The molecule has 0 radical (unpaired) electrons. The molecule has 2 aromatic rings. The Hall–Kier alpha value is -2.10. The van der Waals surface area contributed by atoms with Gasteiger partial charge in [0.25, 0.3) is 11.7 Å². The first-order valence-corrected chi connectivity index (χ1v) is 8.74. The second-order valence-electron chi connectivity index (χ2n) is 8.40. The Morgan fingerprint density at radius 3 is 2.67 bits per heavy atom. The zero-order chi connectivity index (χ0) is 17.1. The summed E-state index contributed by atoms with van der Waals surface area (Å²) >= 11 is 0. The molecule has 0 aliphatic heterocycles. The Balaban J connectivity index is 1.59. The first-order chi connectivity index (χ1) is 11.3. The number of para-hydroxylation sites is 1. The Bertz CT molecular complexity index is 830. The number of amides is 1. The van der Waals surface area contributed by atoms with Crippen LogP contribution in [-0.4, -0.2) is 22.7 Å². The van der Waals surface area contributed by atoms with Crippen molar-refractivity contribution in [2.24, 2.45) is 16.7 Å². The lowest BCUT2D eigenvalue weighted by atomic mass is 9.68. The molecule has 2 aliphatic carbocycles. The van der Waals surface area contributed by atoms with Crippen LogP contribution in [0.5, 0.6) is 0 Å². The third-order valence-electron chi connectivity index (χ3n) is 6.59. The van der Waals surface area contributed by atoms with Gasteiger partial charge in [0.15, 0.2) is 0 Å². The monoisotopic (exact) mass is 324 g/mol. The summed E-state index contributed by atoms with van der Waals surface area (Å²) in [6.45, 7) is 6.70. The lowest BCUT2D eigenvalue weighted by Gasteiger charge is -2.42. The van der Waals surface area contributed by atoms with Gasteiger partial charge in [-0.3, -0.25) is 9.59 Å². The van der Waals surface area contributed by atoms with Gasteiger partial charge in [-0.25, -0.2) is 0 Å². The van der Waals surface area contributed by atoms with Crippen LogP contribution in [0.3, 0.4) is 0 Å². The molecule has 4 nitrogen and oxygen atoms in total. The maximum atomic E-state index is 12.7. The number of aromatic nitrogens is 1. The Morgan fingerprint density at radius 2 is 1.96 bits per heavy atom. The molecule has 1 amide bonds. The third-order valence-corrected chi connectivity index (χ3v) is 6.59. The highest BCUT2D eigenvalue weighted by Gasteiger charge is 2.59. The van der Waals surface area contributed by atoms with Crippen LogP contribution in [0.25, 0.3) is 10.9 Å². The molecule has 4 rings (SSSR count). The van der Waals surface area contributed by atoms with Gasteiger partial charge in [0, 0.05) is 23.1 Å². The molecule has 2 bridgehead atoms. The van der Waals surface area contributed by atoms with E-state index in [9.17, 15) is 9.59 Å². The number of benzene rings is 1. The highest BCUT2D eigenvalue weighted by Crippen LogP contribution is 2.62. The number of nitrogens with one attached hydrogen (secondary N) is 2. The Labute approximate surface area is 142 Å². The summed E-state index contributed by atoms with van der Waals surface area (Å²) in [5.41, 5.74) is 1.49. The van der Waals surface area contributed by atoms with E-state index in [1.54, 1.807) is 6.20 Å². The van der Waals surface area contributed by atoms with Crippen LogP contribution in [0.4, 0.5) is 0 Å². The zero-order valence-corrected chi connectivity index (χ0v) is 14.5. The van der Waals surface area contributed by atoms with E-state index in [1.165, 1.54) is 6.42 Å². The van der Waals surface area contributed by atoms with E-state index in [4.69, 9.17) is 0 Å². The summed E-state index contributed by atoms with van der Waals surface area (Å²) in [5, 5.41) is 3.89. The number of ketones is 1. The molecule has 1 aromatic carbocycles. The van der Waals surface area contributed by atoms with E-state index < -0.39 is 11.7 Å². The molecular weight excluding hydrogens is 300 g/mol. The molecule has 1 aromatic heterocycles. The summed E-state index contributed by atoms with van der Waals surface area (Å²) in [7, 11) is 0. The van der Waals surface area contributed by atoms with Crippen molar-refractivity contribution < 1.29 is 9.59 Å². The van der Waals surface area contributed by atoms with E-state index in [0.717, 1.165) is 23.7 Å². The van der Waals surface area contributed by atoms with Crippen LogP contribution >= 0.6 is 0 Å². The zero-order valence-electron chi connectivity index (χ0n) is 14.5. The van der Waals surface area contributed by atoms with Gasteiger partial charge in [0.2, 0.25) is 0 Å². The summed E-state index contributed by atoms with van der Waals surface area (Å²) in [4.78, 5) is 28.4. The second-order valence-corrected chi connectivity index (χ2v) is 8.40. The minimum Gasteiger partial charge on any atom is -0.360 e. The standard InChI is InChI=1S/C20H24N2O2/c1-19(2)12-8-9-20(3,10-12)18(19)22-17(24)16(23)14-11-21-15-7-5-4-6-13(14)15/h4-7,11-12,18,21H,8-10H2,1-3H3,(H,22,24)/t12-,18+,20+/m0/s1. The van der Waals surface area contributed by atoms with Crippen molar-refractivity contribution >= 4 is 22.6 Å². The van der Waals surface area contributed by atoms with Crippen molar-refractivity contribution in [3.05, 3.63) is 36.0 Å². The van der Waals surface area contributed by atoms with Gasteiger partial charge in [-0.2, -0.15) is 0 Å². The molecule has 3 atom stereocenters. The van der Waals surface area contributed by atoms with Crippen LogP contribution in [0.15, 0.2) is 30.5 Å². The third kappa shape index (κ3) is 2.05. The molecule has 4 heteroatoms. The molecule has 2 aliphatic rings. The van der Waals surface area contributed by atoms with E-state index in [-0.39, 0.29) is 16.9 Å². The van der Waals surface area contributed by atoms with E-state index >= 15 is 0 Å². The number of hydrogen-bond acceptors (Lipinski definition) is 2. The minimum atomic E-state index is -0.480. The van der Waals surface area contributed by atoms with Crippen molar-refractivity contribution in [1.29, 1.82) is 0 Å². The lowest BCUT2D eigenvalue weighted by Crippen LogP contribution is -2.53. The SMILES string of the molecule is CC1(C)[C@H]2CC[C@](C)(C2)[C@@H]1NC(=O)C(=O)c1c[nH]c2ccccc12. The first-order valence-electron chi connectivity index (χ1n) is 8.74. The normalized spacial score (nSPS) is 30.6. The fourth-order valence-electron chi connectivity index (χ4n) is 5.24. The van der Waals surface area contributed by atoms with Gasteiger partial charge in [0.1, 0.15) is 0 Å². The number of aromatic amines is 1. The predicted molar refractivity (Wildman–Crippen MR) is 93.8 cm³/mol. The highest BCUT2D eigenvalue weighted by molar-refractivity contribution is 6.45. The highest BCUT2D eigenvalue weighted by atomic mass is 16.2. The lowest BCUT2D eigenvalue weighted by molar-refractivity contribution is -0.119. The number of fused-ring (bicyclic) bond motifs is 3. The summed E-state index contributed by atoms with van der Waals surface area (Å²) in [6.07, 6.45) is 5.14. The van der Waals surface area contributed by atoms with Crippen LogP contribution in [0.2, 0.25) is 0 Å². The molecule has 0 saturated heterocycles. The van der Waals surface area contributed by atoms with Gasteiger partial charge in [-0.1, -0.05) is 39.0 Å². The largest absolute Gasteiger partial charge is 0.360 e. The molecule has 2 saturated carbocycles. The van der Waals surface area contributed by atoms with Crippen molar-refractivity contribution in [3.8, 4) is 0 Å². The van der Waals surface area contributed by atoms with Gasteiger partial charge >= 0.3 is 0 Å². The Kier molecular flexibility index (Phi) is 3.18. The number of H-pyrrole nitrogens is 1. The smallest absolute Gasteiger partial charge is 0.292 e. The molecule has 0 spiro atoms. The molecule has 24 heavy (non-hydrogen) atoms. The van der Waals surface area contributed by atoms with Gasteiger partial charge < -0.3 is 10.3 Å². The summed E-state index contributed by atoms with van der Waals surface area (Å²) in [5.74, 6) is -0.294. The topological polar surface area (TPSA) is 62.0 Å². The number of carbonyl (C=O) groups excluding carboxylic acids is 2. The van der Waals surface area contributed by atoms with Crippen LogP contribution in [0.1, 0.15) is 50.4 Å². The average Bonchev–Trinajstić information content (AvgIpc) is 3.19. The minimum absolute atomic E-state index is 0.0448. The van der Waals surface area contributed by atoms with E-state index in [2.05, 4.69) is 31.1 Å². The summed E-state index contributed by atoms with van der Waals surface area (Å²) in [6, 6.07) is 7.63. The van der Waals surface area contributed by atoms with E-state index in [1.807, 2.05) is 24.3 Å². The summed E-state index contributed by atoms with van der Waals surface area (Å²) < 4.78 is 0. The van der Waals surface area contributed by atoms with Crippen molar-refractivity contribution in [2.75, 3.05) is 0 Å². The maximum absolute atomic E-state index is 12.7. The molecule has 0 unspecified atom stereocenters. The predicted octanol–water partition coefficient (Wildman–Crippen LogP) is 3.68. The molecule has 2 fully saturated rings. The average molecular weight is 324 g/mol. The fraction of sp³-hybridized carbons (Fsp3) is 0.500. The molecule has 126 valence electrons. The first kappa shape index (κ1) is 15.4. The maximum Gasteiger partial charge on any atom is 0.292 e. The van der Waals surface area contributed by atoms with E-state index in [0.29, 0.717) is 11.5 Å². The van der Waals surface area contributed by atoms with Crippen molar-refractivity contribution in [3.63, 3.8) is 0 Å². The second kappa shape index (κ2) is 4.95. The fourth-order valence-corrected chi connectivity index (χ4v) is 5.24. The molecule has 1 heterocycles. The molecular formula is C20H24N2O2. The van der Waals surface area contributed by atoms with Crippen molar-refractivity contribution in [2.45, 2.75) is 46.1 Å². The van der Waals surface area contributed by atoms with Gasteiger partial charge in [0.05, 0.1) is 5.56 Å². The van der Waals surface area contributed by atoms with Gasteiger partial charge in [-0.15, -0.1) is 0 Å². The van der Waals surface area contributed by atoms with Crippen molar-refractivity contribution in [1.82, 2.24) is 10.3 Å². The number of rotatable bonds is 3. The van der Waals surface area contributed by atoms with Crippen LogP contribution in [-0.2, 0) is 4.79 Å². The number of hydrogen-bond donors (Lipinski definition) is 2. The van der Waals surface area contributed by atoms with Crippen LogP contribution < -0.4 is 5.32 Å². The number of Topliss-reactive ketones (excluding diaryl/α,β-unsaturated/α-hetero) is 1. The van der Waals surface area contributed by atoms with Gasteiger partial charge in [-0.05, 0) is 42.1 Å². The quantitative estimate of drug-likeness (QED) is 0.668.